The van der Waals surface area contributed by atoms with E-state index in [1.165, 1.54) is 50.2 Å². The number of fused-ring (bicyclic) bond motifs is 20. The Bertz CT molecular complexity index is 3410. The Labute approximate surface area is 612 Å². The molecule has 4 fully saturated rings. The van der Waals surface area contributed by atoms with Crippen molar-refractivity contribution in [2.45, 2.75) is 172 Å². The number of nitrogens with zero attached hydrogens (tertiary/aromatic N) is 1. The lowest BCUT2D eigenvalue weighted by Crippen LogP contribution is -2.60. The van der Waals surface area contributed by atoms with Crippen LogP contribution in [0.3, 0.4) is 0 Å². The van der Waals surface area contributed by atoms with Gasteiger partial charge < -0.3 is 73.6 Å². The number of benzene rings is 2. The molecule has 2 aromatic carbocycles. The number of carboxylic acid groups (broad SMARTS) is 1. The average Bonchev–Trinajstić information content (AvgIpc) is 1.61. The van der Waals surface area contributed by atoms with Gasteiger partial charge in [-0.2, -0.15) is 0 Å². The second-order valence-corrected chi connectivity index (χ2v) is 33.3. The molecule has 0 aromatic heterocycles. The number of Topliss-reactive ketones (excluding diaryl/α,β-unsaturated/α-hetero) is 5. The van der Waals surface area contributed by atoms with Crippen molar-refractivity contribution in [3.63, 3.8) is 0 Å². The number of amides is 10. The van der Waals surface area contributed by atoms with Gasteiger partial charge in [-0.1, -0.05) is 96.0 Å². The fourth-order valence-corrected chi connectivity index (χ4v) is 18.9. The van der Waals surface area contributed by atoms with Crippen LogP contribution >= 0.6 is 64.8 Å². The van der Waals surface area contributed by atoms with E-state index in [-0.39, 0.29) is 72.7 Å². The lowest BCUT2D eigenvalue weighted by Gasteiger charge is -2.30. The summed E-state index contributed by atoms with van der Waals surface area (Å²) >= 11 is 0. The van der Waals surface area contributed by atoms with Gasteiger partial charge in [-0.3, -0.25) is 76.7 Å². The number of ketones is 5. The Kier molecular flexibility index (Phi) is 33.8. The largest absolute Gasteiger partial charge is 0.508 e. The van der Waals surface area contributed by atoms with Gasteiger partial charge in [-0.15, -0.1) is 0 Å². The quantitative estimate of drug-likeness (QED) is 0.116. The highest BCUT2D eigenvalue weighted by atomic mass is 33.1. The van der Waals surface area contributed by atoms with Crippen LogP contribution in [0, 0.1) is 23.7 Å². The second-order valence-electron chi connectivity index (χ2n) is 25.7. The third kappa shape index (κ3) is 27.0. The molecule has 36 heteroatoms. The van der Waals surface area contributed by atoms with E-state index in [1.807, 2.05) is 0 Å². The fourth-order valence-electron chi connectivity index (χ4n) is 11.6. The molecule has 558 valence electrons. The molecule has 14 atom stereocenters. The first kappa shape index (κ1) is 83.6. The van der Waals surface area contributed by atoms with Crippen LogP contribution in [0.15, 0.2) is 48.5 Å². The zero-order valence-electron chi connectivity index (χ0n) is 56.6. The molecule has 4 heterocycles. The Hall–Kier alpha value is -7.38. The Morgan fingerprint density at radius 1 is 0.608 bits per heavy atom. The van der Waals surface area contributed by atoms with Crippen molar-refractivity contribution < 1.29 is 97.1 Å². The van der Waals surface area contributed by atoms with Crippen LogP contribution in [0.4, 0.5) is 0 Å². The highest BCUT2D eigenvalue weighted by molar-refractivity contribution is 8.77. The summed E-state index contributed by atoms with van der Waals surface area (Å²) in [5, 5.41) is 62.0. The van der Waals surface area contributed by atoms with Crippen molar-refractivity contribution >= 4 is 159 Å². The summed E-state index contributed by atoms with van der Waals surface area (Å²) in [6, 6.07) is -2.15. The summed E-state index contributed by atoms with van der Waals surface area (Å²) < 4.78 is 0. The predicted molar refractivity (Wildman–Crippen MR) is 385 cm³/mol. The molecule has 10 amide bonds. The summed E-state index contributed by atoms with van der Waals surface area (Å²) in [5.74, 6) is -21.4. The van der Waals surface area contributed by atoms with Crippen LogP contribution in [-0.2, 0) is 89.6 Å². The van der Waals surface area contributed by atoms with Crippen LogP contribution < -0.4 is 48.3 Å². The molecule has 102 heavy (non-hydrogen) atoms. The summed E-state index contributed by atoms with van der Waals surface area (Å²) in [7, 11) is 5.48. The maximum absolute atomic E-state index is 15.2. The van der Waals surface area contributed by atoms with Crippen molar-refractivity contribution in [3.8, 4) is 11.5 Å². The molecular formula is C66H88N10O20S6. The molecule has 0 saturated carbocycles. The monoisotopic (exact) mass is 1530 g/mol. The second kappa shape index (κ2) is 41.2. The van der Waals surface area contributed by atoms with Crippen molar-refractivity contribution in [1.29, 1.82) is 0 Å². The third-order valence-corrected chi connectivity index (χ3v) is 24.6. The molecule has 0 radical (unpaired) electrons. The minimum atomic E-state index is -1.81. The van der Waals surface area contributed by atoms with Crippen LogP contribution in [-0.4, -0.2) is 221 Å². The number of aliphatic hydroxyl groups is 1. The zero-order valence-corrected chi connectivity index (χ0v) is 61.5. The van der Waals surface area contributed by atoms with Gasteiger partial charge in [0.1, 0.15) is 41.7 Å². The van der Waals surface area contributed by atoms with Gasteiger partial charge in [0.15, 0.2) is 28.9 Å². The topological polar surface area (TPSA) is 480 Å². The molecule has 0 aliphatic carbocycles. The number of aromatic hydroxyl groups is 2. The molecule has 6 rings (SSSR count). The molecule has 0 spiro atoms. The number of carboxylic acids is 1. The minimum Gasteiger partial charge on any atom is -0.508 e. The highest BCUT2D eigenvalue weighted by Gasteiger charge is 2.42. The SMILES string of the molecule is CC(=O)N[C@H]1CSSC[C@@H]2NC(=O)[C@@H]3CSSC[C@@H](C(=O)C[C@H](C)Cc4ccc(O)cc4)NC(=O)CCC(=O)[C@H]([C@H](C)O)NC(=O)[C@H](CSSC[C@H](CC1=O)C(=O)N[C@@H](CCC(=O)O)C(=O)C[C@@H](Cc1ccc(O)cc1)C(=O)N3)CC(=O)[C@H](C)NC(=O)C1CCCN1C(=O)[C@H](CC(N)=O)NC2=O. The normalized spacial score (nSPS) is 27.5. The van der Waals surface area contributed by atoms with Gasteiger partial charge >= 0.3 is 5.97 Å². The van der Waals surface area contributed by atoms with E-state index in [2.05, 4.69) is 42.5 Å². The number of hydrogen-bond donors (Lipinski definition) is 13. The predicted octanol–water partition coefficient (Wildman–Crippen LogP) is 0.769. The number of phenolic OH excluding ortho intramolecular Hbond substituents is 2. The summed E-state index contributed by atoms with van der Waals surface area (Å²) in [6.07, 6.45) is -6.76. The third-order valence-electron chi connectivity index (χ3n) is 17.2. The number of aliphatic hydroxyl groups excluding tert-OH is 1. The van der Waals surface area contributed by atoms with Gasteiger partial charge in [-0.25, -0.2) is 0 Å². The van der Waals surface area contributed by atoms with Crippen LogP contribution in [0.2, 0.25) is 0 Å². The first-order valence-corrected chi connectivity index (χ1v) is 40.6. The number of nitrogens with one attached hydrogen (secondary N) is 8. The number of phenols is 2. The Morgan fingerprint density at radius 2 is 1.16 bits per heavy atom. The summed E-state index contributed by atoms with van der Waals surface area (Å²) in [4.78, 5) is 230. The first-order chi connectivity index (χ1) is 48.3. The lowest BCUT2D eigenvalue weighted by atomic mass is 9.89. The van der Waals surface area contributed by atoms with Gasteiger partial charge in [-0.05, 0) is 87.3 Å². The molecule has 30 nitrogen and oxygen atoms in total. The number of aliphatic carboxylic acids is 1. The van der Waals surface area contributed by atoms with E-state index in [0.717, 1.165) is 82.2 Å². The van der Waals surface area contributed by atoms with E-state index in [9.17, 15) is 87.5 Å². The lowest BCUT2D eigenvalue weighted by molar-refractivity contribution is -0.143. The number of carbonyl (C=O) groups excluding carboxylic acids is 15. The van der Waals surface area contributed by atoms with E-state index < -0.39 is 235 Å². The van der Waals surface area contributed by atoms with E-state index in [0.29, 0.717) is 12.0 Å². The number of carbonyl (C=O) groups is 16. The van der Waals surface area contributed by atoms with Gasteiger partial charge in [0.25, 0.3) is 0 Å². The van der Waals surface area contributed by atoms with E-state index in [4.69, 9.17) is 5.73 Å². The van der Waals surface area contributed by atoms with E-state index in [1.54, 1.807) is 19.1 Å². The van der Waals surface area contributed by atoms with Gasteiger partial charge in [0, 0.05) is 98.8 Å². The van der Waals surface area contributed by atoms with E-state index >= 15 is 9.59 Å². The van der Waals surface area contributed by atoms with Gasteiger partial charge in [0.2, 0.25) is 59.1 Å². The maximum atomic E-state index is 15.2. The van der Waals surface area contributed by atoms with Crippen molar-refractivity contribution in [2.24, 2.45) is 29.4 Å². The number of rotatable bonds is 14. The Morgan fingerprint density at radius 3 is 1.75 bits per heavy atom. The molecule has 1 unspecified atom stereocenters. The molecule has 2 aromatic rings. The van der Waals surface area contributed by atoms with Crippen LogP contribution in [0.25, 0.3) is 0 Å². The molecule has 4 saturated heterocycles. The fraction of sp³-hybridized carbons (Fsp3) is 0.576. The van der Waals surface area contributed by atoms with Crippen LogP contribution in [0.1, 0.15) is 109 Å². The Balaban J connectivity index is 1.57. The number of hydrogen-bond acceptors (Lipinski definition) is 25. The maximum Gasteiger partial charge on any atom is 0.303 e. The standard InChI is InChI=1S/C66H88N10O20S6/c1-33(20-37-7-11-42(79)12-8-37)21-53(83)47-30-100-101-31-48-64(94)74-49-32-102-99-29-46(69-36(4)78)55(85)25-41(61(91)71-44(15-18-58(88)89)54(84)23-39(60(90)73-48)22-38-9-13-43(80)14-10-38)28-98-97-27-40(62(92)75-59(35(3)77)51(81)16-17-57(87)70-47)24-52(82)34(2)68-65(95)50-6-5-19-76(50)66(96)45(26-56(67)86)72-63(49)93/h7-14,33-35,39-41,44-50,59,77,79-80H,5-6,15-32H2,1-4H3,(H2,67,86)(H,68,95)(H,69,78)(H,70,87)(H,71,91)(H,72,93)(H,73,90)(H,74,94)(H,75,92)(H,88,89)/t33-,34+,35+,39-,40+,41+,44+,45+,46+,47+,48+,49+,50?,59+/m1/s1. The molecular weight excluding hydrogens is 1450 g/mol. The average molecular weight is 1530 g/mol. The van der Waals surface area contributed by atoms with Crippen molar-refractivity contribution in [2.75, 3.05) is 41.1 Å². The summed E-state index contributed by atoms with van der Waals surface area (Å²) in [6.45, 7) is 5.33. The number of nitrogens with two attached hydrogens (primary N) is 1. The molecule has 4 aliphatic rings. The minimum absolute atomic E-state index is 0.0201. The number of primary amides is 1. The van der Waals surface area contributed by atoms with Crippen molar-refractivity contribution in [3.05, 3.63) is 59.7 Å². The van der Waals surface area contributed by atoms with Gasteiger partial charge in [0.05, 0.1) is 48.5 Å². The van der Waals surface area contributed by atoms with Crippen LogP contribution in [0.5, 0.6) is 11.5 Å². The smallest absolute Gasteiger partial charge is 0.303 e. The zero-order chi connectivity index (χ0) is 74.9. The highest BCUT2D eigenvalue weighted by Crippen LogP contribution is 2.32. The molecule has 4 aliphatic heterocycles. The molecule has 14 N–H and O–H groups in total. The summed E-state index contributed by atoms with van der Waals surface area (Å²) in [5.41, 5.74) is 6.85. The molecule has 4 bridgehead atoms. The van der Waals surface area contributed by atoms with Crippen molar-refractivity contribution in [1.82, 2.24) is 47.4 Å². The first-order valence-electron chi connectivity index (χ1n) is 33.2.